The van der Waals surface area contributed by atoms with Gasteiger partial charge >= 0.3 is 5.69 Å². The fourth-order valence-electron chi connectivity index (χ4n) is 2.99. The van der Waals surface area contributed by atoms with E-state index in [1.54, 1.807) is 31.2 Å². The van der Waals surface area contributed by atoms with Gasteiger partial charge in [-0.1, -0.05) is 19.1 Å². The summed E-state index contributed by atoms with van der Waals surface area (Å²) >= 11 is 0. The molecule has 3 rings (SSSR count). The van der Waals surface area contributed by atoms with Crippen LogP contribution in [0.5, 0.6) is 0 Å². The maximum Gasteiger partial charge on any atom is 0.332 e. The number of hydrogen-bond donors (Lipinski definition) is 1. The van der Waals surface area contributed by atoms with Crippen molar-refractivity contribution in [1.82, 2.24) is 9.13 Å². The summed E-state index contributed by atoms with van der Waals surface area (Å²) in [6.07, 6.45) is 0.550. The molecule has 1 unspecified atom stereocenters. The molecular weight excluding hydrogens is 368 g/mol. The molecule has 1 aromatic heterocycles. The average Bonchev–Trinajstić information content (AvgIpc) is 2.68. The minimum atomic E-state index is -0.795. The van der Waals surface area contributed by atoms with Crippen LogP contribution >= 0.6 is 0 Å². The van der Waals surface area contributed by atoms with Crippen molar-refractivity contribution >= 4 is 22.5 Å². The van der Waals surface area contributed by atoms with Crippen LogP contribution in [-0.4, -0.2) is 15.0 Å². The van der Waals surface area contributed by atoms with Gasteiger partial charge in [0.05, 0.1) is 16.6 Å². The molecule has 28 heavy (non-hydrogen) atoms. The number of aromatic nitrogens is 2. The van der Waals surface area contributed by atoms with Crippen LogP contribution in [0.3, 0.4) is 0 Å². The average molecular weight is 387 g/mol. The van der Waals surface area contributed by atoms with Crippen molar-refractivity contribution in [1.29, 1.82) is 0 Å². The largest absolute Gasteiger partial charge is 0.332 e. The number of rotatable bonds is 5. The zero-order chi connectivity index (χ0) is 20.4. The van der Waals surface area contributed by atoms with Crippen molar-refractivity contribution in [3.05, 3.63) is 74.9 Å². The SMILES string of the molecule is CCC(C)n1c(=O)c2ccccc2n(CC(=O)Nc2cc(F)ccc2F)c1=O. The molecular formula is C20H19F2N3O3. The highest BCUT2D eigenvalue weighted by atomic mass is 19.1. The number of benzene rings is 2. The minimum Gasteiger partial charge on any atom is -0.322 e. The summed E-state index contributed by atoms with van der Waals surface area (Å²) in [6, 6.07) is 8.79. The lowest BCUT2D eigenvalue weighted by Crippen LogP contribution is -2.43. The normalized spacial score (nSPS) is 12.1. The fraction of sp³-hybridized carbons (Fsp3) is 0.250. The highest BCUT2D eigenvalue weighted by Gasteiger charge is 2.18. The molecule has 1 amide bonds. The Hall–Kier alpha value is -3.29. The summed E-state index contributed by atoms with van der Waals surface area (Å²) in [7, 11) is 0. The summed E-state index contributed by atoms with van der Waals surface area (Å²) in [5.41, 5.74) is -1.08. The minimum absolute atomic E-state index is 0.298. The van der Waals surface area contributed by atoms with Crippen molar-refractivity contribution in [3.8, 4) is 0 Å². The molecule has 0 aliphatic rings. The van der Waals surface area contributed by atoms with Gasteiger partial charge in [0, 0.05) is 12.1 Å². The number of hydrogen-bond acceptors (Lipinski definition) is 3. The standard InChI is InChI=1S/C20H19F2N3O3/c1-3-12(2)25-19(27)14-6-4-5-7-17(14)24(20(25)28)11-18(26)23-16-10-13(21)8-9-15(16)22/h4-10,12H,3,11H2,1-2H3,(H,23,26). The number of fused-ring (bicyclic) bond motifs is 1. The number of nitrogens with one attached hydrogen (secondary N) is 1. The Bertz CT molecular complexity index is 1170. The Morgan fingerprint density at radius 2 is 1.86 bits per heavy atom. The summed E-state index contributed by atoms with van der Waals surface area (Å²) < 4.78 is 29.4. The maximum atomic E-state index is 13.8. The molecule has 146 valence electrons. The monoisotopic (exact) mass is 387 g/mol. The lowest BCUT2D eigenvalue weighted by atomic mass is 10.2. The van der Waals surface area contributed by atoms with Gasteiger partial charge in [0.1, 0.15) is 18.2 Å². The number of carbonyl (C=O) groups is 1. The van der Waals surface area contributed by atoms with Crippen LogP contribution in [0, 0.1) is 11.6 Å². The first-order valence-electron chi connectivity index (χ1n) is 8.82. The third-order valence-electron chi connectivity index (χ3n) is 4.62. The quantitative estimate of drug-likeness (QED) is 0.731. The van der Waals surface area contributed by atoms with Crippen LogP contribution in [0.1, 0.15) is 26.3 Å². The molecule has 8 heteroatoms. The van der Waals surface area contributed by atoms with Crippen molar-refractivity contribution < 1.29 is 13.6 Å². The van der Waals surface area contributed by atoms with Gasteiger partial charge in [-0.3, -0.25) is 18.7 Å². The van der Waals surface area contributed by atoms with Gasteiger partial charge in [-0.2, -0.15) is 0 Å². The number of halogens is 2. The first kappa shape index (κ1) is 19.5. The maximum absolute atomic E-state index is 13.8. The van der Waals surface area contributed by atoms with E-state index in [0.29, 0.717) is 17.3 Å². The van der Waals surface area contributed by atoms with Gasteiger partial charge in [0.15, 0.2) is 0 Å². The lowest BCUT2D eigenvalue weighted by molar-refractivity contribution is -0.116. The second-order valence-corrected chi connectivity index (χ2v) is 6.49. The predicted molar refractivity (Wildman–Crippen MR) is 102 cm³/mol. The zero-order valence-electron chi connectivity index (χ0n) is 15.4. The molecule has 0 spiro atoms. The van der Waals surface area contributed by atoms with Crippen LogP contribution in [0.2, 0.25) is 0 Å². The number of amides is 1. The van der Waals surface area contributed by atoms with E-state index in [-0.39, 0.29) is 11.7 Å². The Morgan fingerprint density at radius 3 is 2.57 bits per heavy atom. The van der Waals surface area contributed by atoms with Gasteiger partial charge in [-0.15, -0.1) is 0 Å². The number of nitrogens with zero attached hydrogens (tertiary/aromatic N) is 2. The molecule has 1 atom stereocenters. The van der Waals surface area contributed by atoms with E-state index in [1.165, 1.54) is 0 Å². The molecule has 0 aliphatic carbocycles. The van der Waals surface area contributed by atoms with E-state index < -0.39 is 35.3 Å². The molecule has 0 aliphatic heterocycles. The highest BCUT2D eigenvalue weighted by Crippen LogP contribution is 2.16. The van der Waals surface area contributed by atoms with E-state index >= 15 is 0 Å². The summed E-state index contributed by atoms with van der Waals surface area (Å²) in [6.45, 7) is 3.13. The van der Waals surface area contributed by atoms with Crippen molar-refractivity contribution in [3.63, 3.8) is 0 Å². The molecule has 1 heterocycles. The second kappa shape index (κ2) is 7.75. The van der Waals surface area contributed by atoms with E-state index in [4.69, 9.17) is 0 Å². The van der Waals surface area contributed by atoms with Crippen molar-refractivity contribution in [2.75, 3.05) is 5.32 Å². The first-order valence-corrected chi connectivity index (χ1v) is 8.82. The van der Waals surface area contributed by atoms with E-state index in [0.717, 1.165) is 27.3 Å². The van der Waals surface area contributed by atoms with Gasteiger partial charge in [0.2, 0.25) is 5.91 Å². The van der Waals surface area contributed by atoms with Crippen LogP contribution in [0.15, 0.2) is 52.1 Å². The smallest absolute Gasteiger partial charge is 0.322 e. The molecule has 1 N–H and O–H groups in total. The first-order chi connectivity index (χ1) is 13.3. The number of para-hydroxylation sites is 1. The molecule has 3 aromatic rings. The van der Waals surface area contributed by atoms with Crippen LogP contribution in [0.25, 0.3) is 10.9 Å². The lowest BCUT2D eigenvalue weighted by Gasteiger charge is -2.17. The Labute approximate surface area is 159 Å². The van der Waals surface area contributed by atoms with Crippen LogP contribution < -0.4 is 16.6 Å². The van der Waals surface area contributed by atoms with Crippen molar-refractivity contribution in [2.24, 2.45) is 0 Å². The molecule has 0 saturated heterocycles. The molecule has 0 radical (unpaired) electrons. The highest BCUT2D eigenvalue weighted by molar-refractivity contribution is 5.91. The van der Waals surface area contributed by atoms with Gasteiger partial charge in [-0.25, -0.2) is 13.6 Å². The molecule has 0 fully saturated rings. The summed E-state index contributed by atoms with van der Waals surface area (Å²) in [5, 5.41) is 2.57. The van der Waals surface area contributed by atoms with E-state index in [9.17, 15) is 23.2 Å². The van der Waals surface area contributed by atoms with Crippen molar-refractivity contribution in [2.45, 2.75) is 32.9 Å². The molecule has 0 saturated carbocycles. The van der Waals surface area contributed by atoms with Gasteiger partial charge < -0.3 is 5.32 Å². The predicted octanol–water partition coefficient (Wildman–Crippen LogP) is 3.05. The third-order valence-corrected chi connectivity index (χ3v) is 4.62. The Kier molecular flexibility index (Phi) is 5.39. The molecule has 0 bridgehead atoms. The molecule has 2 aromatic carbocycles. The summed E-state index contributed by atoms with van der Waals surface area (Å²) in [4.78, 5) is 38.1. The Balaban J connectivity index is 2.07. The third kappa shape index (κ3) is 3.58. The Morgan fingerprint density at radius 1 is 1.14 bits per heavy atom. The van der Waals surface area contributed by atoms with E-state index in [2.05, 4.69) is 5.32 Å². The van der Waals surface area contributed by atoms with Crippen LogP contribution in [0.4, 0.5) is 14.5 Å². The van der Waals surface area contributed by atoms with Gasteiger partial charge in [-0.05, 0) is 37.6 Å². The van der Waals surface area contributed by atoms with E-state index in [1.807, 2.05) is 6.92 Å². The summed E-state index contributed by atoms with van der Waals surface area (Å²) in [5.74, 6) is -2.22. The number of carbonyl (C=O) groups excluding carboxylic acids is 1. The fourth-order valence-corrected chi connectivity index (χ4v) is 2.99. The van der Waals surface area contributed by atoms with Crippen LogP contribution in [-0.2, 0) is 11.3 Å². The molecule has 6 nitrogen and oxygen atoms in total. The number of anilines is 1. The van der Waals surface area contributed by atoms with Gasteiger partial charge in [0.25, 0.3) is 5.56 Å². The zero-order valence-corrected chi connectivity index (χ0v) is 15.4. The topological polar surface area (TPSA) is 73.1 Å². The second-order valence-electron chi connectivity index (χ2n) is 6.49.